The van der Waals surface area contributed by atoms with E-state index in [9.17, 15) is 0 Å². The molecule has 2 aromatic rings. The van der Waals surface area contributed by atoms with Crippen LogP contribution in [0.5, 0.6) is 0 Å². The van der Waals surface area contributed by atoms with Gasteiger partial charge in [-0.25, -0.2) is 0 Å². The van der Waals surface area contributed by atoms with Gasteiger partial charge in [0, 0.05) is 22.5 Å². The van der Waals surface area contributed by atoms with Crippen LogP contribution in [0.3, 0.4) is 0 Å². The van der Waals surface area contributed by atoms with Crippen LogP contribution < -0.4 is 0 Å². The molecule has 2 aromatic carbocycles. The van der Waals surface area contributed by atoms with Crippen molar-refractivity contribution in [3.63, 3.8) is 0 Å². The summed E-state index contributed by atoms with van der Waals surface area (Å²) in [7, 11) is 1.62. The van der Waals surface area contributed by atoms with Crippen LogP contribution in [0.15, 0.2) is 53.7 Å². The Morgan fingerprint density at radius 2 is 1.29 bits per heavy atom. The van der Waals surface area contributed by atoms with E-state index in [1.54, 1.807) is 7.11 Å². The molecule has 0 saturated carbocycles. The molecule has 0 spiro atoms. The summed E-state index contributed by atoms with van der Waals surface area (Å²) in [4.78, 5) is 5.24. The van der Waals surface area contributed by atoms with E-state index in [0.717, 1.165) is 16.4 Å². The number of nitrogens with zero attached hydrogens (tertiary/aromatic N) is 1. The highest BCUT2D eigenvalue weighted by atomic mass is 79.9. The lowest BCUT2D eigenvalue weighted by molar-refractivity contribution is 0.211. The summed E-state index contributed by atoms with van der Waals surface area (Å²) in [6.07, 6.45) is 0. The maximum atomic E-state index is 5.24. The molecule has 2 rings (SSSR count). The molecule has 0 heterocycles. The topological polar surface area (TPSA) is 21.6 Å². The first-order valence-electron chi connectivity index (χ1n) is 7.97. The summed E-state index contributed by atoms with van der Waals surface area (Å²) < 4.78 is 0. The molecular formula is C20H23Br2NO. The maximum Gasteiger partial charge on any atom is 0.106 e. The molecule has 0 amide bonds. The van der Waals surface area contributed by atoms with Gasteiger partial charge in [0.05, 0.1) is 5.71 Å². The molecule has 0 saturated heterocycles. The predicted molar refractivity (Wildman–Crippen MR) is 110 cm³/mol. The maximum absolute atomic E-state index is 5.24. The molecule has 0 aliphatic rings. The second kappa shape index (κ2) is 9.38. The van der Waals surface area contributed by atoms with Crippen molar-refractivity contribution in [2.75, 3.05) is 17.8 Å². The summed E-state index contributed by atoms with van der Waals surface area (Å²) in [5.41, 5.74) is 6.14. The molecule has 0 aliphatic heterocycles. The van der Waals surface area contributed by atoms with Crippen LogP contribution in [0.25, 0.3) is 0 Å². The van der Waals surface area contributed by atoms with E-state index in [4.69, 9.17) is 4.84 Å². The third-order valence-electron chi connectivity index (χ3n) is 4.35. The van der Waals surface area contributed by atoms with Crippen molar-refractivity contribution >= 4 is 37.6 Å². The van der Waals surface area contributed by atoms with Gasteiger partial charge < -0.3 is 4.84 Å². The fourth-order valence-corrected chi connectivity index (χ4v) is 4.43. The van der Waals surface area contributed by atoms with Gasteiger partial charge in [0.15, 0.2) is 0 Å². The Balaban J connectivity index is 2.52. The Morgan fingerprint density at radius 1 is 0.875 bits per heavy atom. The standard InChI is InChI=1S/C20H23Br2NO/c1-14-8-4-6-10-16(14)18(12-21)20(23-24-3)19(13-22)17-11-7-5-9-15(17)2/h4-11,18-19H,12-13H2,1-3H3. The van der Waals surface area contributed by atoms with Crippen molar-refractivity contribution in [3.05, 3.63) is 70.8 Å². The second-order valence-electron chi connectivity index (χ2n) is 5.83. The second-order valence-corrected chi connectivity index (χ2v) is 7.12. The van der Waals surface area contributed by atoms with Crippen LogP contribution >= 0.6 is 31.9 Å². The fourth-order valence-electron chi connectivity index (χ4n) is 3.07. The lowest BCUT2D eigenvalue weighted by Crippen LogP contribution is -2.25. The van der Waals surface area contributed by atoms with Crippen LogP contribution in [0.1, 0.15) is 34.1 Å². The highest BCUT2D eigenvalue weighted by Gasteiger charge is 2.28. The Hall–Kier alpha value is -1.13. The van der Waals surface area contributed by atoms with Gasteiger partial charge in [0.2, 0.25) is 0 Å². The van der Waals surface area contributed by atoms with Gasteiger partial charge in [-0.3, -0.25) is 0 Å². The largest absolute Gasteiger partial charge is 0.399 e. The number of hydrogen-bond acceptors (Lipinski definition) is 2. The van der Waals surface area contributed by atoms with Crippen LogP contribution in [-0.2, 0) is 4.84 Å². The number of halogens is 2. The average molecular weight is 453 g/mol. The zero-order chi connectivity index (χ0) is 17.5. The van der Waals surface area contributed by atoms with Crippen molar-refractivity contribution in [1.29, 1.82) is 0 Å². The number of oxime groups is 1. The van der Waals surface area contributed by atoms with E-state index >= 15 is 0 Å². The molecule has 2 unspecified atom stereocenters. The van der Waals surface area contributed by atoms with E-state index in [-0.39, 0.29) is 11.8 Å². The van der Waals surface area contributed by atoms with Gasteiger partial charge in [0.1, 0.15) is 7.11 Å². The van der Waals surface area contributed by atoms with Crippen molar-refractivity contribution in [2.45, 2.75) is 25.7 Å². The van der Waals surface area contributed by atoms with E-state index < -0.39 is 0 Å². The van der Waals surface area contributed by atoms with E-state index in [0.29, 0.717) is 0 Å². The quantitative estimate of drug-likeness (QED) is 0.288. The molecule has 0 aromatic heterocycles. The summed E-state index contributed by atoms with van der Waals surface area (Å²) in [5, 5.41) is 6.06. The number of rotatable bonds is 7. The van der Waals surface area contributed by atoms with Gasteiger partial charge >= 0.3 is 0 Å². The molecule has 2 nitrogen and oxygen atoms in total. The Kier molecular flexibility index (Phi) is 7.50. The van der Waals surface area contributed by atoms with Crippen LogP contribution in [-0.4, -0.2) is 23.5 Å². The average Bonchev–Trinajstić information content (AvgIpc) is 2.59. The minimum atomic E-state index is 0.160. The van der Waals surface area contributed by atoms with Crippen molar-refractivity contribution in [1.82, 2.24) is 0 Å². The Morgan fingerprint density at radius 3 is 1.62 bits per heavy atom. The highest BCUT2D eigenvalue weighted by Crippen LogP contribution is 2.33. The zero-order valence-electron chi connectivity index (χ0n) is 14.3. The number of aryl methyl sites for hydroxylation is 2. The summed E-state index contributed by atoms with van der Waals surface area (Å²) in [5.74, 6) is 0.321. The van der Waals surface area contributed by atoms with Gasteiger partial charge in [-0.2, -0.15) is 0 Å². The first-order valence-corrected chi connectivity index (χ1v) is 10.2. The predicted octanol–water partition coefficient (Wildman–Crippen LogP) is 5.96. The highest BCUT2D eigenvalue weighted by molar-refractivity contribution is 9.09. The molecule has 0 bridgehead atoms. The molecule has 0 fully saturated rings. The zero-order valence-corrected chi connectivity index (χ0v) is 17.5. The van der Waals surface area contributed by atoms with Gasteiger partial charge in [-0.1, -0.05) is 85.5 Å². The molecule has 0 N–H and O–H groups in total. The normalized spacial score (nSPS) is 13.2. The van der Waals surface area contributed by atoms with Crippen LogP contribution in [0.4, 0.5) is 0 Å². The molecule has 0 aliphatic carbocycles. The Labute approximate surface area is 161 Å². The summed E-state index contributed by atoms with van der Waals surface area (Å²) >= 11 is 7.39. The van der Waals surface area contributed by atoms with E-state index in [1.165, 1.54) is 22.3 Å². The number of alkyl halides is 2. The molecule has 0 radical (unpaired) electrons. The van der Waals surface area contributed by atoms with E-state index in [2.05, 4.69) is 99.4 Å². The smallest absolute Gasteiger partial charge is 0.106 e. The lowest BCUT2D eigenvalue weighted by Gasteiger charge is -2.26. The lowest BCUT2D eigenvalue weighted by atomic mass is 9.82. The molecule has 2 atom stereocenters. The molecule has 24 heavy (non-hydrogen) atoms. The van der Waals surface area contributed by atoms with Gasteiger partial charge in [-0.15, -0.1) is 0 Å². The van der Waals surface area contributed by atoms with Crippen LogP contribution in [0, 0.1) is 13.8 Å². The minimum absolute atomic E-state index is 0.160. The van der Waals surface area contributed by atoms with Gasteiger partial charge in [0.25, 0.3) is 0 Å². The summed E-state index contributed by atoms with van der Waals surface area (Å²) in [6.45, 7) is 4.29. The molecule has 128 valence electrons. The fraction of sp³-hybridized carbons (Fsp3) is 0.350. The molecule has 4 heteroatoms. The minimum Gasteiger partial charge on any atom is -0.399 e. The van der Waals surface area contributed by atoms with E-state index in [1.807, 2.05) is 0 Å². The van der Waals surface area contributed by atoms with Gasteiger partial charge in [-0.05, 0) is 36.1 Å². The number of benzene rings is 2. The molecular weight excluding hydrogens is 430 g/mol. The number of hydrogen-bond donors (Lipinski definition) is 0. The Bertz CT molecular complexity index is 644. The van der Waals surface area contributed by atoms with Crippen molar-refractivity contribution in [3.8, 4) is 0 Å². The first kappa shape index (κ1) is 19.2. The van der Waals surface area contributed by atoms with Crippen LogP contribution in [0.2, 0.25) is 0 Å². The summed E-state index contributed by atoms with van der Waals surface area (Å²) in [6, 6.07) is 16.9. The monoisotopic (exact) mass is 451 g/mol. The van der Waals surface area contributed by atoms with Crippen molar-refractivity contribution in [2.24, 2.45) is 5.16 Å². The third-order valence-corrected chi connectivity index (χ3v) is 5.64. The SMILES string of the molecule is CON=C(C(CBr)c1ccccc1C)C(CBr)c1ccccc1C. The third kappa shape index (κ3) is 4.28. The van der Waals surface area contributed by atoms with Crippen molar-refractivity contribution < 1.29 is 4.84 Å². The first-order chi connectivity index (χ1) is 11.6.